The van der Waals surface area contributed by atoms with Crippen molar-refractivity contribution in [1.82, 2.24) is 0 Å². The fourth-order valence-electron chi connectivity index (χ4n) is 5.02. The summed E-state index contributed by atoms with van der Waals surface area (Å²) < 4.78 is 0. The first-order chi connectivity index (χ1) is 22.6. The SMILES string of the molecule is CC(=O)CC/C=C(/C)CC/C=C(\C)CC/C=C(\C)CCC=C(C)C.CC(=O)CC/C=C(\C)CC/C=C(\C)CC/C=C(\C)CCC=C(C)C. The summed E-state index contributed by atoms with van der Waals surface area (Å²) in [5.74, 6) is 0.554. The van der Waals surface area contributed by atoms with Crippen LogP contribution in [0.2, 0.25) is 0 Å². The van der Waals surface area contributed by atoms with Crippen LogP contribution < -0.4 is 0 Å². The van der Waals surface area contributed by atoms with Gasteiger partial charge in [-0.3, -0.25) is 0 Å². The van der Waals surface area contributed by atoms with Gasteiger partial charge in [0.15, 0.2) is 0 Å². The lowest BCUT2D eigenvalue weighted by Crippen LogP contribution is -1.87. The third-order valence-corrected chi connectivity index (χ3v) is 8.29. The van der Waals surface area contributed by atoms with Crippen molar-refractivity contribution < 1.29 is 9.59 Å². The average molecular weight is 661 g/mol. The number of carbonyl (C=O) groups is 2. The molecule has 0 heterocycles. The molecule has 0 aliphatic rings. The van der Waals surface area contributed by atoms with E-state index >= 15 is 0 Å². The van der Waals surface area contributed by atoms with Crippen molar-refractivity contribution in [2.24, 2.45) is 0 Å². The van der Waals surface area contributed by atoms with Gasteiger partial charge >= 0.3 is 0 Å². The minimum absolute atomic E-state index is 0.277. The second-order valence-corrected chi connectivity index (χ2v) is 14.6. The Balaban J connectivity index is 0. The normalized spacial score (nSPS) is 13.2. The molecule has 0 aromatic rings. The van der Waals surface area contributed by atoms with Crippen LogP contribution >= 0.6 is 0 Å². The zero-order valence-electron chi connectivity index (χ0n) is 33.7. The van der Waals surface area contributed by atoms with Crippen LogP contribution in [0.1, 0.15) is 186 Å². The first-order valence-electron chi connectivity index (χ1n) is 18.8. The maximum Gasteiger partial charge on any atom is 0.130 e. The van der Waals surface area contributed by atoms with Gasteiger partial charge in [0, 0.05) is 12.8 Å². The third kappa shape index (κ3) is 37.7. The number of carbonyl (C=O) groups excluding carboxylic acids is 2. The molecule has 0 aliphatic carbocycles. The molecule has 48 heavy (non-hydrogen) atoms. The number of rotatable bonds is 24. The van der Waals surface area contributed by atoms with Crippen LogP contribution in [-0.2, 0) is 9.59 Å². The smallest absolute Gasteiger partial charge is 0.130 e. The van der Waals surface area contributed by atoms with E-state index in [1.807, 2.05) is 0 Å². The highest BCUT2D eigenvalue weighted by molar-refractivity contribution is 5.75. The quantitative estimate of drug-likeness (QED) is 0.0966. The summed E-state index contributed by atoms with van der Waals surface area (Å²) in [6.45, 7) is 25.3. The number of ketones is 2. The van der Waals surface area contributed by atoms with Gasteiger partial charge in [-0.2, -0.15) is 0 Å². The Morgan fingerprint density at radius 3 is 0.604 bits per heavy atom. The topological polar surface area (TPSA) is 34.1 Å². The van der Waals surface area contributed by atoms with E-state index in [0.717, 1.165) is 77.0 Å². The van der Waals surface area contributed by atoms with Crippen molar-refractivity contribution in [3.05, 3.63) is 93.2 Å². The van der Waals surface area contributed by atoms with Gasteiger partial charge in [0.1, 0.15) is 11.6 Å². The van der Waals surface area contributed by atoms with Gasteiger partial charge < -0.3 is 9.59 Å². The fourth-order valence-corrected chi connectivity index (χ4v) is 5.02. The summed E-state index contributed by atoms with van der Waals surface area (Å²) in [7, 11) is 0. The molecule has 0 unspecified atom stereocenters. The van der Waals surface area contributed by atoms with Gasteiger partial charge in [-0.05, 0) is 173 Å². The second kappa shape index (κ2) is 31.5. The van der Waals surface area contributed by atoms with Crippen LogP contribution in [0, 0.1) is 0 Å². The lowest BCUT2D eigenvalue weighted by Gasteiger charge is -2.02. The van der Waals surface area contributed by atoms with E-state index in [1.165, 1.54) is 57.4 Å². The number of allylic oxidation sites excluding steroid dienone is 16. The van der Waals surface area contributed by atoms with Gasteiger partial charge in [0.25, 0.3) is 0 Å². The van der Waals surface area contributed by atoms with E-state index in [-0.39, 0.29) is 11.6 Å². The van der Waals surface area contributed by atoms with Crippen molar-refractivity contribution in [3.63, 3.8) is 0 Å². The van der Waals surface area contributed by atoms with E-state index < -0.39 is 0 Å². The molecule has 0 aromatic carbocycles. The van der Waals surface area contributed by atoms with Gasteiger partial charge in [-0.15, -0.1) is 0 Å². The van der Waals surface area contributed by atoms with Crippen molar-refractivity contribution in [1.29, 1.82) is 0 Å². The Labute approximate surface area is 299 Å². The second-order valence-electron chi connectivity index (χ2n) is 14.6. The van der Waals surface area contributed by atoms with Gasteiger partial charge in [0.2, 0.25) is 0 Å². The van der Waals surface area contributed by atoms with E-state index in [2.05, 4.69) is 118 Å². The highest BCUT2D eigenvalue weighted by Gasteiger charge is 1.97. The Kier molecular flexibility index (Phi) is 31.1. The Hall–Kier alpha value is -2.74. The van der Waals surface area contributed by atoms with E-state index in [0.29, 0.717) is 12.8 Å². The first-order valence-corrected chi connectivity index (χ1v) is 18.8. The molecule has 272 valence electrons. The van der Waals surface area contributed by atoms with Crippen molar-refractivity contribution in [2.45, 2.75) is 186 Å². The number of hydrogen-bond acceptors (Lipinski definition) is 2. The Bertz CT molecular complexity index is 1060. The van der Waals surface area contributed by atoms with E-state index in [4.69, 9.17) is 0 Å². The molecule has 0 bridgehead atoms. The summed E-state index contributed by atoms with van der Waals surface area (Å²) >= 11 is 0. The third-order valence-electron chi connectivity index (χ3n) is 8.29. The standard InChI is InChI=1S/2C23H38O/c2*1-19(2)11-7-12-20(3)13-8-14-21(4)15-9-16-22(5)17-10-18-23(6)24/h2*11,13,15,17H,7-10,12,14,16,18H2,1-6H3/b20-13+,21-15+,22-17+;20-13+,21-15+,22-17-. The molecule has 0 saturated carbocycles. The highest BCUT2D eigenvalue weighted by Crippen LogP contribution is 2.15. The average Bonchev–Trinajstić information content (AvgIpc) is 2.96. The maximum absolute atomic E-state index is 10.9. The molecule has 2 heteroatoms. The van der Waals surface area contributed by atoms with Gasteiger partial charge in [-0.25, -0.2) is 0 Å². The molecular formula is C46H76O2. The zero-order valence-corrected chi connectivity index (χ0v) is 33.7. The monoisotopic (exact) mass is 661 g/mol. The molecule has 0 atom stereocenters. The first kappa shape index (κ1) is 47.4. The van der Waals surface area contributed by atoms with Gasteiger partial charge in [-0.1, -0.05) is 93.2 Å². The summed E-state index contributed by atoms with van der Waals surface area (Å²) in [5.41, 5.74) is 11.6. The number of Topliss-reactive ketones (excluding diaryl/α,β-unsaturated/α-hetero) is 2. The molecular weight excluding hydrogens is 585 g/mol. The van der Waals surface area contributed by atoms with Crippen LogP contribution in [-0.4, -0.2) is 11.6 Å². The van der Waals surface area contributed by atoms with Crippen LogP contribution in [0.3, 0.4) is 0 Å². The Morgan fingerprint density at radius 1 is 0.271 bits per heavy atom. The molecule has 0 N–H and O–H groups in total. The van der Waals surface area contributed by atoms with Gasteiger partial charge in [0.05, 0.1) is 0 Å². The largest absolute Gasteiger partial charge is 0.300 e. The molecule has 0 spiro atoms. The van der Waals surface area contributed by atoms with E-state index in [9.17, 15) is 9.59 Å². The Morgan fingerprint density at radius 2 is 0.438 bits per heavy atom. The molecule has 0 saturated heterocycles. The lowest BCUT2D eigenvalue weighted by molar-refractivity contribution is -0.117. The predicted octanol–water partition coefficient (Wildman–Crippen LogP) is 15.0. The summed E-state index contributed by atoms with van der Waals surface area (Å²) in [5, 5.41) is 0. The van der Waals surface area contributed by atoms with Crippen molar-refractivity contribution in [3.8, 4) is 0 Å². The van der Waals surface area contributed by atoms with E-state index in [1.54, 1.807) is 13.8 Å². The minimum atomic E-state index is 0.277. The fraction of sp³-hybridized carbons (Fsp3) is 0.609. The summed E-state index contributed by atoms with van der Waals surface area (Å²) in [6, 6.07) is 0. The van der Waals surface area contributed by atoms with Crippen molar-refractivity contribution in [2.75, 3.05) is 0 Å². The zero-order chi connectivity index (χ0) is 36.7. The predicted molar refractivity (Wildman–Crippen MR) is 217 cm³/mol. The van der Waals surface area contributed by atoms with Crippen LogP contribution in [0.15, 0.2) is 93.2 Å². The highest BCUT2D eigenvalue weighted by atomic mass is 16.1. The molecule has 0 amide bonds. The molecule has 0 fully saturated rings. The summed E-state index contributed by atoms with van der Waals surface area (Å²) in [6.07, 6.45) is 35.4. The number of hydrogen-bond donors (Lipinski definition) is 0. The van der Waals surface area contributed by atoms with Crippen LogP contribution in [0.25, 0.3) is 0 Å². The maximum atomic E-state index is 10.9. The van der Waals surface area contributed by atoms with Crippen molar-refractivity contribution >= 4 is 11.6 Å². The molecule has 0 aromatic heterocycles. The minimum Gasteiger partial charge on any atom is -0.300 e. The molecule has 2 nitrogen and oxygen atoms in total. The molecule has 0 radical (unpaired) electrons. The van der Waals surface area contributed by atoms with Crippen LogP contribution in [0.5, 0.6) is 0 Å². The molecule has 0 aliphatic heterocycles. The summed E-state index contributed by atoms with van der Waals surface area (Å²) in [4.78, 5) is 21.8. The lowest BCUT2D eigenvalue weighted by atomic mass is 10.0. The van der Waals surface area contributed by atoms with Crippen LogP contribution in [0.4, 0.5) is 0 Å². The molecule has 0 rings (SSSR count).